The Morgan fingerprint density at radius 1 is 1.24 bits per heavy atom. The van der Waals surface area contributed by atoms with Gasteiger partial charge in [0.1, 0.15) is 12.4 Å². The average Bonchev–Trinajstić information content (AvgIpc) is 2.95. The molecule has 1 aromatic heterocycles. The summed E-state index contributed by atoms with van der Waals surface area (Å²) in [4.78, 5) is 0. The molecule has 2 aromatic rings. The molecule has 2 rings (SSSR count). The number of rotatable bonds is 7. The molecule has 21 heavy (non-hydrogen) atoms. The maximum absolute atomic E-state index is 13.0. The van der Waals surface area contributed by atoms with Gasteiger partial charge in [0.15, 0.2) is 17.5 Å². The van der Waals surface area contributed by atoms with Gasteiger partial charge >= 0.3 is 0 Å². The Hall–Kier alpha value is -1.99. The molecule has 0 amide bonds. The van der Waals surface area contributed by atoms with Crippen molar-refractivity contribution in [2.45, 2.75) is 12.7 Å². The molecule has 4 nitrogen and oxygen atoms in total. The van der Waals surface area contributed by atoms with E-state index in [9.17, 15) is 18.3 Å². The van der Waals surface area contributed by atoms with Gasteiger partial charge in [-0.15, -0.1) is 0 Å². The van der Waals surface area contributed by atoms with Gasteiger partial charge in [-0.05, 0) is 12.1 Å². The summed E-state index contributed by atoms with van der Waals surface area (Å²) in [6, 6.07) is 5.08. The molecule has 1 unspecified atom stereocenters. The van der Waals surface area contributed by atoms with E-state index >= 15 is 0 Å². The Balaban J connectivity index is 1.74. The summed E-state index contributed by atoms with van der Waals surface area (Å²) in [7, 11) is 0. The van der Waals surface area contributed by atoms with Crippen LogP contribution in [0.5, 0.6) is 0 Å². The van der Waals surface area contributed by atoms with Crippen molar-refractivity contribution in [3.8, 4) is 0 Å². The first kappa shape index (κ1) is 15.4. The number of nitrogens with one attached hydrogen (secondary N) is 1. The maximum atomic E-state index is 13.0. The van der Waals surface area contributed by atoms with Gasteiger partial charge in [-0.25, -0.2) is 13.2 Å². The minimum atomic E-state index is -1.53. The molecule has 0 saturated carbocycles. The zero-order valence-electron chi connectivity index (χ0n) is 11.0. The van der Waals surface area contributed by atoms with E-state index < -0.39 is 23.6 Å². The van der Waals surface area contributed by atoms with Gasteiger partial charge in [0.05, 0.1) is 19.0 Å². The quantitative estimate of drug-likeness (QED) is 0.772. The Bertz CT molecular complexity index is 552. The fourth-order valence-electron chi connectivity index (χ4n) is 1.64. The molecule has 2 N–H and O–H groups in total. The lowest BCUT2D eigenvalue weighted by atomic mass is 10.2. The van der Waals surface area contributed by atoms with Crippen LogP contribution in [-0.2, 0) is 11.3 Å². The second-order valence-corrected chi connectivity index (χ2v) is 4.38. The van der Waals surface area contributed by atoms with Crippen LogP contribution in [0.4, 0.5) is 18.9 Å². The first-order valence-electron chi connectivity index (χ1n) is 6.23. The number of hydrogen-bond acceptors (Lipinski definition) is 4. The summed E-state index contributed by atoms with van der Waals surface area (Å²) in [6.45, 7) is 0.229. The van der Waals surface area contributed by atoms with Crippen LogP contribution >= 0.6 is 0 Å². The van der Waals surface area contributed by atoms with Crippen molar-refractivity contribution in [3.63, 3.8) is 0 Å². The van der Waals surface area contributed by atoms with Crippen molar-refractivity contribution < 1.29 is 27.4 Å². The van der Waals surface area contributed by atoms with Gasteiger partial charge in [-0.1, -0.05) is 0 Å². The van der Waals surface area contributed by atoms with Crippen LogP contribution < -0.4 is 5.32 Å². The number of halogens is 3. The fraction of sp³-hybridized carbons (Fsp3) is 0.286. The van der Waals surface area contributed by atoms with Crippen molar-refractivity contribution in [1.29, 1.82) is 0 Å². The average molecular weight is 301 g/mol. The van der Waals surface area contributed by atoms with Crippen molar-refractivity contribution in [1.82, 2.24) is 0 Å². The molecule has 0 spiro atoms. The van der Waals surface area contributed by atoms with Crippen LogP contribution in [0.25, 0.3) is 0 Å². The number of aliphatic hydroxyl groups is 1. The number of anilines is 1. The van der Waals surface area contributed by atoms with E-state index in [-0.39, 0.29) is 25.4 Å². The van der Waals surface area contributed by atoms with Gasteiger partial charge < -0.3 is 19.6 Å². The van der Waals surface area contributed by atoms with Crippen molar-refractivity contribution in [2.75, 3.05) is 18.5 Å². The molecule has 1 aromatic carbocycles. The monoisotopic (exact) mass is 301 g/mol. The SMILES string of the molecule is OC(CNc1cc(F)c(F)c(F)c1)COCc1ccco1. The van der Waals surface area contributed by atoms with Crippen molar-refractivity contribution in [3.05, 3.63) is 53.7 Å². The molecule has 0 fully saturated rings. The predicted octanol–water partition coefficient (Wildman–Crippen LogP) is 2.69. The van der Waals surface area contributed by atoms with E-state index in [1.165, 1.54) is 6.26 Å². The first-order valence-corrected chi connectivity index (χ1v) is 6.23. The minimum absolute atomic E-state index is 0.00265. The summed E-state index contributed by atoms with van der Waals surface area (Å²) in [5, 5.41) is 12.2. The van der Waals surface area contributed by atoms with E-state index in [0.717, 1.165) is 12.1 Å². The number of hydrogen-bond donors (Lipinski definition) is 2. The summed E-state index contributed by atoms with van der Waals surface area (Å²) in [6.07, 6.45) is 0.616. The van der Waals surface area contributed by atoms with Crippen LogP contribution in [-0.4, -0.2) is 24.4 Å². The topological polar surface area (TPSA) is 54.6 Å². The largest absolute Gasteiger partial charge is 0.467 e. The molecule has 0 aliphatic rings. The van der Waals surface area contributed by atoms with Crippen LogP contribution in [0.1, 0.15) is 5.76 Å². The third kappa shape index (κ3) is 4.51. The van der Waals surface area contributed by atoms with E-state index in [4.69, 9.17) is 9.15 Å². The zero-order chi connectivity index (χ0) is 15.2. The third-order valence-corrected chi connectivity index (χ3v) is 2.66. The molecule has 114 valence electrons. The molecule has 1 atom stereocenters. The highest BCUT2D eigenvalue weighted by Crippen LogP contribution is 2.17. The highest BCUT2D eigenvalue weighted by Gasteiger charge is 2.11. The zero-order valence-corrected chi connectivity index (χ0v) is 11.0. The van der Waals surface area contributed by atoms with Gasteiger partial charge in [0.2, 0.25) is 0 Å². The minimum Gasteiger partial charge on any atom is -0.467 e. The lowest BCUT2D eigenvalue weighted by molar-refractivity contribution is 0.0282. The Labute approximate surface area is 119 Å². The summed E-state index contributed by atoms with van der Waals surface area (Å²) in [5.74, 6) is -3.48. The van der Waals surface area contributed by atoms with Crippen LogP contribution in [0.3, 0.4) is 0 Å². The predicted molar refractivity (Wildman–Crippen MR) is 69.2 cm³/mol. The maximum Gasteiger partial charge on any atom is 0.194 e. The Kier molecular flexibility index (Phi) is 5.24. The summed E-state index contributed by atoms with van der Waals surface area (Å²) >= 11 is 0. The molecule has 7 heteroatoms. The normalized spacial score (nSPS) is 12.4. The van der Waals surface area contributed by atoms with Crippen molar-refractivity contribution >= 4 is 5.69 Å². The number of aliphatic hydroxyl groups excluding tert-OH is 1. The number of ether oxygens (including phenoxy) is 1. The van der Waals surface area contributed by atoms with Gasteiger partial charge in [0, 0.05) is 24.4 Å². The highest BCUT2D eigenvalue weighted by molar-refractivity contribution is 5.44. The summed E-state index contributed by atoms with van der Waals surface area (Å²) < 4.78 is 48.9. The molecule has 0 radical (unpaired) electrons. The standard InChI is InChI=1S/C14H14F3NO3/c15-12-4-9(5-13(16)14(12)17)18-6-10(19)7-20-8-11-2-1-3-21-11/h1-5,10,18-19H,6-8H2. The summed E-state index contributed by atoms with van der Waals surface area (Å²) in [5.41, 5.74) is 0.0384. The molecule has 0 saturated heterocycles. The molecular weight excluding hydrogens is 287 g/mol. The lowest BCUT2D eigenvalue weighted by Gasteiger charge is -2.13. The third-order valence-electron chi connectivity index (χ3n) is 2.66. The number of benzene rings is 1. The van der Waals surface area contributed by atoms with Crippen LogP contribution in [0, 0.1) is 17.5 Å². The van der Waals surface area contributed by atoms with E-state index in [0.29, 0.717) is 5.76 Å². The van der Waals surface area contributed by atoms with Gasteiger partial charge in [-0.3, -0.25) is 0 Å². The number of furan rings is 1. The van der Waals surface area contributed by atoms with Crippen molar-refractivity contribution in [2.24, 2.45) is 0 Å². The Morgan fingerprint density at radius 2 is 1.95 bits per heavy atom. The fourth-order valence-corrected chi connectivity index (χ4v) is 1.64. The van der Waals surface area contributed by atoms with E-state index in [1.807, 2.05) is 0 Å². The second kappa shape index (κ2) is 7.14. The van der Waals surface area contributed by atoms with E-state index in [1.54, 1.807) is 12.1 Å². The first-order chi connectivity index (χ1) is 10.1. The molecule has 1 heterocycles. The Morgan fingerprint density at radius 3 is 2.57 bits per heavy atom. The molecule has 0 aliphatic carbocycles. The van der Waals surface area contributed by atoms with Gasteiger partial charge in [-0.2, -0.15) is 0 Å². The van der Waals surface area contributed by atoms with Crippen LogP contribution in [0.2, 0.25) is 0 Å². The molecule has 0 aliphatic heterocycles. The van der Waals surface area contributed by atoms with Gasteiger partial charge in [0.25, 0.3) is 0 Å². The second-order valence-electron chi connectivity index (χ2n) is 4.38. The highest BCUT2D eigenvalue weighted by atomic mass is 19.2. The molecular formula is C14H14F3NO3. The van der Waals surface area contributed by atoms with Crippen LogP contribution in [0.15, 0.2) is 34.9 Å². The van der Waals surface area contributed by atoms with E-state index in [2.05, 4.69) is 5.32 Å². The smallest absolute Gasteiger partial charge is 0.194 e. The lowest BCUT2D eigenvalue weighted by Crippen LogP contribution is -2.24. The molecule has 0 bridgehead atoms.